The van der Waals surface area contributed by atoms with Crippen molar-refractivity contribution < 1.29 is 19.1 Å². The van der Waals surface area contributed by atoms with E-state index >= 15 is 0 Å². The van der Waals surface area contributed by atoms with Gasteiger partial charge in [0.2, 0.25) is 0 Å². The summed E-state index contributed by atoms with van der Waals surface area (Å²) in [4.78, 5) is 20.0. The van der Waals surface area contributed by atoms with E-state index in [-0.39, 0.29) is 5.41 Å². The van der Waals surface area contributed by atoms with Crippen molar-refractivity contribution in [2.24, 2.45) is 0 Å². The molecule has 1 aromatic carbocycles. The van der Waals surface area contributed by atoms with Crippen molar-refractivity contribution in [3.05, 3.63) is 29.3 Å². The summed E-state index contributed by atoms with van der Waals surface area (Å²) in [6.45, 7) is 12.7. The van der Waals surface area contributed by atoms with Gasteiger partial charge in [0.05, 0.1) is 7.11 Å². The van der Waals surface area contributed by atoms with Gasteiger partial charge in [0, 0.05) is 13.1 Å². The Kier molecular flexibility index (Phi) is 9.97. The van der Waals surface area contributed by atoms with Crippen LogP contribution in [0.3, 0.4) is 0 Å². The van der Waals surface area contributed by atoms with Gasteiger partial charge in [-0.05, 0) is 37.9 Å². The Morgan fingerprint density at radius 1 is 1.21 bits per heavy atom. The third-order valence-corrected chi connectivity index (χ3v) is 3.36. The summed E-state index contributed by atoms with van der Waals surface area (Å²) in [5, 5.41) is 0. The third kappa shape index (κ3) is 8.11. The van der Waals surface area contributed by atoms with E-state index in [9.17, 15) is 0 Å². The van der Waals surface area contributed by atoms with Gasteiger partial charge < -0.3 is 14.3 Å². The largest absolute Gasteiger partial charge is 0.487 e. The number of nitrogens with zero attached hydrogens (tertiary/aromatic N) is 1. The summed E-state index contributed by atoms with van der Waals surface area (Å²) >= 11 is 0. The van der Waals surface area contributed by atoms with Crippen molar-refractivity contribution >= 4 is 12.8 Å². The molecule has 5 heteroatoms. The van der Waals surface area contributed by atoms with E-state index in [0.717, 1.165) is 25.1 Å². The molecule has 1 fully saturated rings. The first kappa shape index (κ1) is 22.1. The van der Waals surface area contributed by atoms with E-state index in [1.807, 2.05) is 0 Å². The maximum absolute atomic E-state index is 8.95. The first-order chi connectivity index (χ1) is 11.2. The molecule has 136 valence electrons. The lowest BCUT2D eigenvalue weighted by atomic mass is 9.85. The Hall–Kier alpha value is -1.88. The molecule has 2 rings (SSSR count). The number of aryl methyl sites for hydroxylation is 1. The molecular formula is C19H31NO4. The second-order valence-corrected chi connectivity index (χ2v) is 6.78. The topological polar surface area (TPSA) is 55.8 Å². The molecule has 0 saturated carbocycles. The van der Waals surface area contributed by atoms with Crippen LogP contribution in [-0.2, 0) is 19.7 Å². The number of ether oxygens (including phenoxy) is 2. The highest BCUT2D eigenvalue weighted by Gasteiger charge is 2.27. The monoisotopic (exact) mass is 337 g/mol. The number of hydrogen-bond acceptors (Lipinski definition) is 5. The van der Waals surface area contributed by atoms with Crippen molar-refractivity contribution in [1.82, 2.24) is 4.90 Å². The van der Waals surface area contributed by atoms with E-state index in [2.05, 4.69) is 62.6 Å². The maximum atomic E-state index is 8.95. The van der Waals surface area contributed by atoms with Crippen LogP contribution in [0.1, 0.15) is 38.8 Å². The van der Waals surface area contributed by atoms with Crippen LogP contribution >= 0.6 is 0 Å². The molecule has 0 atom stereocenters. The molecule has 1 heterocycles. The lowest BCUT2D eigenvalue weighted by Gasteiger charge is -2.37. The van der Waals surface area contributed by atoms with Gasteiger partial charge in [0.15, 0.2) is 0 Å². The Balaban J connectivity index is 0.000000648. The number of carbonyl (C=O) groups is 2. The van der Waals surface area contributed by atoms with Gasteiger partial charge in [0.25, 0.3) is 6.47 Å². The van der Waals surface area contributed by atoms with Crippen molar-refractivity contribution in [3.63, 3.8) is 0 Å². The summed E-state index contributed by atoms with van der Waals surface area (Å²) in [6, 6.07) is 6.50. The molecule has 0 unspecified atom stereocenters. The van der Waals surface area contributed by atoms with Crippen LogP contribution in [0.4, 0.5) is 0 Å². The minimum atomic E-state index is 0.136. The van der Waals surface area contributed by atoms with Gasteiger partial charge in [-0.25, -0.2) is 0 Å². The smallest absolute Gasteiger partial charge is 0.292 e. The van der Waals surface area contributed by atoms with Crippen molar-refractivity contribution in [2.75, 3.05) is 27.2 Å². The van der Waals surface area contributed by atoms with Crippen LogP contribution in [0.15, 0.2) is 18.2 Å². The molecule has 0 radical (unpaired) electrons. The molecule has 5 nitrogen and oxygen atoms in total. The number of likely N-dealkylation sites (tertiary alicyclic amines) is 1. The van der Waals surface area contributed by atoms with E-state index < -0.39 is 0 Å². The summed E-state index contributed by atoms with van der Waals surface area (Å²) < 4.78 is 9.95. The average molecular weight is 337 g/mol. The van der Waals surface area contributed by atoms with E-state index in [1.165, 1.54) is 25.2 Å². The number of hydrogen-bond donors (Lipinski definition) is 0. The van der Waals surface area contributed by atoms with Crippen LogP contribution < -0.4 is 4.74 Å². The molecular weight excluding hydrogens is 306 g/mol. The maximum Gasteiger partial charge on any atom is 0.292 e. The zero-order chi connectivity index (χ0) is 18.8. The highest BCUT2D eigenvalue weighted by atomic mass is 16.5. The molecule has 0 aromatic heterocycles. The highest BCUT2D eigenvalue weighted by Crippen LogP contribution is 2.33. The first-order valence-electron chi connectivity index (χ1n) is 8.02. The number of carbonyl (C=O) groups excluding carboxylic acids is 2. The predicted molar refractivity (Wildman–Crippen MR) is 96.6 cm³/mol. The number of rotatable bonds is 3. The first-order valence-corrected chi connectivity index (χ1v) is 8.02. The molecule has 1 saturated heterocycles. The van der Waals surface area contributed by atoms with Crippen LogP contribution in [-0.4, -0.2) is 51.0 Å². The van der Waals surface area contributed by atoms with Gasteiger partial charge in [-0.2, -0.15) is 0 Å². The van der Waals surface area contributed by atoms with Crippen LogP contribution in [0.25, 0.3) is 0 Å². The van der Waals surface area contributed by atoms with Crippen LogP contribution in [0.2, 0.25) is 0 Å². The summed E-state index contributed by atoms with van der Waals surface area (Å²) in [5.74, 6) is 1.06. The molecule has 24 heavy (non-hydrogen) atoms. The number of aldehydes is 1. The SMILES string of the molecule is CC=O.COC=O.Cc1ccc(OC2CN(C)C2)c(C(C)(C)C)c1. The zero-order valence-corrected chi connectivity index (χ0v) is 16.0. The fraction of sp³-hybridized carbons (Fsp3) is 0.579. The highest BCUT2D eigenvalue weighted by molar-refractivity contribution is 5.44. The lowest BCUT2D eigenvalue weighted by Crippen LogP contribution is -2.51. The van der Waals surface area contributed by atoms with Gasteiger partial charge in [-0.15, -0.1) is 0 Å². The molecule has 0 N–H and O–H groups in total. The molecule has 1 aromatic rings. The van der Waals surface area contributed by atoms with E-state index in [4.69, 9.17) is 14.3 Å². The van der Waals surface area contributed by atoms with Gasteiger partial charge in [-0.3, -0.25) is 9.69 Å². The molecule has 0 aliphatic carbocycles. The van der Waals surface area contributed by atoms with E-state index in [0.29, 0.717) is 12.6 Å². The Labute approximate surface area is 145 Å². The summed E-state index contributed by atoms with van der Waals surface area (Å²) in [7, 11) is 3.44. The third-order valence-electron chi connectivity index (χ3n) is 3.36. The van der Waals surface area contributed by atoms with Crippen LogP contribution in [0.5, 0.6) is 5.75 Å². The number of likely N-dealkylation sites (N-methyl/N-ethyl adjacent to an activating group) is 1. The molecule has 0 spiro atoms. The van der Waals surface area contributed by atoms with Gasteiger partial charge in [-0.1, -0.05) is 38.5 Å². The molecule has 1 aliphatic rings. The van der Waals surface area contributed by atoms with Crippen molar-refractivity contribution in [1.29, 1.82) is 0 Å². The second kappa shape index (κ2) is 10.8. The fourth-order valence-electron chi connectivity index (χ4n) is 2.23. The quantitative estimate of drug-likeness (QED) is 0.794. The Bertz CT molecular complexity index is 503. The van der Waals surface area contributed by atoms with Crippen molar-refractivity contribution in [3.8, 4) is 5.75 Å². The molecule has 1 aliphatic heterocycles. The standard InChI is InChI=1S/C15H23NO.C2H4O2.C2H4O/c1-11-6-7-14(13(8-11)15(2,3)4)17-12-9-16(5)10-12;1-4-2-3;1-2-3/h6-8,12H,9-10H2,1-5H3;2H,1H3;2H,1H3. The number of methoxy groups -OCH3 is 1. The van der Waals surface area contributed by atoms with E-state index in [1.54, 1.807) is 0 Å². The minimum Gasteiger partial charge on any atom is -0.487 e. The number of benzene rings is 1. The van der Waals surface area contributed by atoms with Crippen LogP contribution in [0, 0.1) is 6.92 Å². The minimum absolute atomic E-state index is 0.136. The van der Waals surface area contributed by atoms with Gasteiger partial charge >= 0.3 is 0 Å². The summed E-state index contributed by atoms with van der Waals surface area (Å²) in [6.07, 6.45) is 1.11. The fourth-order valence-corrected chi connectivity index (χ4v) is 2.23. The zero-order valence-electron chi connectivity index (χ0n) is 16.0. The molecule has 0 amide bonds. The predicted octanol–water partition coefficient (Wildman–Crippen LogP) is 2.98. The normalized spacial score (nSPS) is 14.1. The second-order valence-electron chi connectivity index (χ2n) is 6.78. The van der Waals surface area contributed by atoms with Gasteiger partial charge in [0.1, 0.15) is 18.1 Å². The lowest BCUT2D eigenvalue weighted by molar-refractivity contribution is -0.126. The average Bonchev–Trinajstić information content (AvgIpc) is 2.47. The molecule has 0 bridgehead atoms. The van der Waals surface area contributed by atoms with Crippen molar-refractivity contribution in [2.45, 2.75) is 46.1 Å². The Morgan fingerprint density at radius 2 is 1.71 bits per heavy atom. The summed E-state index contributed by atoms with van der Waals surface area (Å²) in [5.41, 5.74) is 2.75. The Morgan fingerprint density at radius 3 is 2.08 bits per heavy atom.